The van der Waals surface area contributed by atoms with Crippen molar-refractivity contribution in [2.75, 3.05) is 0 Å². The van der Waals surface area contributed by atoms with Gasteiger partial charge in [0.15, 0.2) is 0 Å². The lowest BCUT2D eigenvalue weighted by Gasteiger charge is -2.26. The van der Waals surface area contributed by atoms with Crippen LogP contribution in [0.5, 0.6) is 0 Å². The standard InChI is InChI=1S/C17H20N4O/c1-12-6-4-5-7-13(12)14(18)10-17(2,3)21-16(22)15-8-9-19-11-20-15/h4-9,11,18H,10H2,1-3H3,(H,21,22). The van der Waals surface area contributed by atoms with E-state index in [2.05, 4.69) is 15.3 Å². The van der Waals surface area contributed by atoms with Crippen molar-refractivity contribution in [1.29, 1.82) is 5.41 Å². The average Bonchev–Trinajstić information content (AvgIpc) is 2.47. The Morgan fingerprint density at radius 2 is 2.00 bits per heavy atom. The van der Waals surface area contributed by atoms with Crippen LogP contribution in [0.3, 0.4) is 0 Å². The van der Waals surface area contributed by atoms with Gasteiger partial charge in [0.25, 0.3) is 5.91 Å². The molecule has 0 fully saturated rings. The van der Waals surface area contributed by atoms with Crippen LogP contribution in [0.1, 0.15) is 41.9 Å². The predicted octanol–water partition coefficient (Wildman–Crippen LogP) is 2.75. The first-order valence-corrected chi connectivity index (χ1v) is 7.11. The van der Waals surface area contributed by atoms with E-state index in [0.717, 1.165) is 11.1 Å². The molecule has 2 rings (SSSR count). The fourth-order valence-electron chi connectivity index (χ4n) is 2.29. The summed E-state index contributed by atoms with van der Waals surface area (Å²) in [6.45, 7) is 5.79. The third kappa shape index (κ3) is 3.97. The summed E-state index contributed by atoms with van der Waals surface area (Å²) in [5.41, 5.74) is 2.26. The number of carbonyl (C=O) groups excluding carboxylic acids is 1. The van der Waals surface area contributed by atoms with E-state index < -0.39 is 5.54 Å². The summed E-state index contributed by atoms with van der Waals surface area (Å²) in [7, 11) is 0. The lowest BCUT2D eigenvalue weighted by atomic mass is 9.91. The second kappa shape index (κ2) is 6.47. The number of aryl methyl sites for hydroxylation is 1. The van der Waals surface area contributed by atoms with Gasteiger partial charge in [-0.1, -0.05) is 24.3 Å². The van der Waals surface area contributed by atoms with E-state index in [9.17, 15) is 4.79 Å². The molecule has 1 amide bonds. The highest BCUT2D eigenvalue weighted by Gasteiger charge is 2.24. The minimum atomic E-state index is -0.540. The van der Waals surface area contributed by atoms with Crippen LogP contribution in [0, 0.1) is 12.3 Å². The van der Waals surface area contributed by atoms with Crippen LogP contribution in [0.2, 0.25) is 0 Å². The Bertz CT molecular complexity index is 680. The zero-order valence-electron chi connectivity index (χ0n) is 13.1. The summed E-state index contributed by atoms with van der Waals surface area (Å²) in [6, 6.07) is 9.35. The third-order valence-corrected chi connectivity index (χ3v) is 3.36. The first-order valence-electron chi connectivity index (χ1n) is 7.11. The second-order valence-electron chi connectivity index (χ2n) is 5.90. The van der Waals surface area contributed by atoms with Gasteiger partial charge in [0, 0.05) is 23.9 Å². The summed E-state index contributed by atoms with van der Waals surface area (Å²) in [4.78, 5) is 19.9. The maximum absolute atomic E-state index is 12.2. The van der Waals surface area contributed by atoms with Gasteiger partial charge in [0.05, 0.1) is 0 Å². The van der Waals surface area contributed by atoms with Gasteiger partial charge in [0.2, 0.25) is 0 Å². The molecule has 1 heterocycles. The predicted molar refractivity (Wildman–Crippen MR) is 86.2 cm³/mol. The van der Waals surface area contributed by atoms with Crippen molar-refractivity contribution in [1.82, 2.24) is 15.3 Å². The number of benzene rings is 1. The quantitative estimate of drug-likeness (QED) is 0.833. The summed E-state index contributed by atoms with van der Waals surface area (Å²) >= 11 is 0. The van der Waals surface area contributed by atoms with Crippen molar-refractivity contribution in [2.45, 2.75) is 32.7 Å². The topological polar surface area (TPSA) is 78.7 Å². The van der Waals surface area contributed by atoms with E-state index in [4.69, 9.17) is 5.41 Å². The first kappa shape index (κ1) is 15.8. The molecule has 0 radical (unpaired) electrons. The van der Waals surface area contributed by atoms with E-state index >= 15 is 0 Å². The van der Waals surface area contributed by atoms with Crippen LogP contribution in [-0.2, 0) is 0 Å². The molecule has 0 saturated heterocycles. The number of rotatable bonds is 5. The van der Waals surface area contributed by atoms with E-state index in [1.54, 1.807) is 6.07 Å². The van der Waals surface area contributed by atoms with Crippen molar-refractivity contribution in [2.24, 2.45) is 0 Å². The van der Waals surface area contributed by atoms with Gasteiger partial charge < -0.3 is 10.7 Å². The van der Waals surface area contributed by atoms with Crippen LogP contribution < -0.4 is 5.32 Å². The number of aromatic nitrogens is 2. The van der Waals surface area contributed by atoms with Gasteiger partial charge >= 0.3 is 0 Å². The normalized spacial score (nSPS) is 11.0. The molecule has 1 aromatic heterocycles. The largest absolute Gasteiger partial charge is 0.345 e. The molecule has 2 aromatic rings. The van der Waals surface area contributed by atoms with Crippen LogP contribution >= 0.6 is 0 Å². The number of nitrogens with one attached hydrogen (secondary N) is 2. The van der Waals surface area contributed by atoms with Crippen molar-refractivity contribution < 1.29 is 4.79 Å². The van der Waals surface area contributed by atoms with Crippen molar-refractivity contribution in [3.05, 3.63) is 59.7 Å². The molecule has 22 heavy (non-hydrogen) atoms. The Hall–Kier alpha value is -2.56. The SMILES string of the molecule is Cc1ccccc1C(=N)CC(C)(C)NC(=O)c1ccncn1. The molecule has 0 saturated carbocycles. The fourth-order valence-corrected chi connectivity index (χ4v) is 2.29. The molecule has 0 aliphatic heterocycles. The van der Waals surface area contributed by atoms with Crippen LogP contribution in [0.15, 0.2) is 42.9 Å². The molecule has 114 valence electrons. The van der Waals surface area contributed by atoms with Gasteiger partial charge in [-0.15, -0.1) is 0 Å². The summed E-state index contributed by atoms with van der Waals surface area (Å²) in [5.74, 6) is -0.259. The Morgan fingerprint density at radius 1 is 1.27 bits per heavy atom. The number of amides is 1. The lowest BCUT2D eigenvalue weighted by molar-refractivity contribution is 0.0910. The number of hydrogen-bond donors (Lipinski definition) is 2. The third-order valence-electron chi connectivity index (χ3n) is 3.36. The zero-order valence-corrected chi connectivity index (χ0v) is 13.1. The first-order chi connectivity index (χ1) is 10.4. The minimum Gasteiger partial charge on any atom is -0.345 e. The number of nitrogens with zero attached hydrogens (tertiary/aromatic N) is 2. The fraction of sp³-hybridized carbons (Fsp3) is 0.294. The molecule has 0 aliphatic rings. The molecular formula is C17H20N4O. The highest BCUT2D eigenvalue weighted by Crippen LogP contribution is 2.17. The maximum atomic E-state index is 12.2. The summed E-state index contributed by atoms with van der Waals surface area (Å²) < 4.78 is 0. The molecule has 0 aliphatic carbocycles. The van der Waals surface area contributed by atoms with E-state index in [0.29, 0.717) is 17.8 Å². The summed E-state index contributed by atoms with van der Waals surface area (Å²) in [6.07, 6.45) is 3.32. The highest BCUT2D eigenvalue weighted by molar-refractivity contribution is 6.00. The molecule has 0 spiro atoms. The van der Waals surface area contributed by atoms with E-state index in [-0.39, 0.29) is 5.91 Å². The molecule has 5 nitrogen and oxygen atoms in total. The highest BCUT2D eigenvalue weighted by atomic mass is 16.2. The smallest absolute Gasteiger partial charge is 0.270 e. The molecule has 0 atom stereocenters. The van der Waals surface area contributed by atoms with Crippen LogP contribution in [-0.4, -0.2) is 27.1 Å². The second-order valence-corrected chi connectivity index (χ2v) is 5.90. The lowest BCUT2D eigenvalue weighted by Crippen LogP contribution is -2.45. The molecular weight excluding hydrogens is 276 g/mol. The van der Waals surface area contributed by atoms with Crippen LogP contribution in [0.4, 0.5) is 0 Å². The van der Waals surface area contributed by atoms with Crippen molar-refractivity contribution in [3.63, 3.8) is 0 Å². The van der Waals surface area contributed by atoms with E-state index in [1.165, 1.54) is 12.5 Å². The van der Waals surface area contributed by atoms with Gasteiger partial charge in [-0.3, -0.25) is 4.79 Å². The van der Waals surface area contributed by atoms with Gasteiger partial charge in [-0.25, -0.2) is 9.97 Å². The number of carbonyl (C=O) groups is 1. The Labute approximate surface area is 130 Å². The molecule has 0 bridgehead atoms. The average molecular weight is 296 g/mol. The Balaban J connectivity index is 2.06. The molecule has 1 aromatic carbocycles. The van der Waals surface area contributed by atoms with Crippen LogP contribution in [0.25, 0.3) is 0 Å². The maximum Gasteiger partial charge on any atom is 0.270 e. The molecule has 2 N–H and O–H groups in total. The zero-order chi connectivity index (χ0) is 16.2. The monoisotopic (exact) mass is 296 g/mol. The molecule has 0 unspecified atom stereocenters. The van der Waals surface area contributed by atoms with Gasteiger partial charge in [-0.2, -0.15) is 0 Å². The van der Waals surface area contributed by atoms with Gasteiger partial charge in [-0.05, 0) is 38.0 Å². The van der Waals surface area contributed by atoms with Gasteiger partial charge in [0.1, 0.15) is 12.0 Å². The minimum absolute atomic E-state index is 0.259. The summed E-state index contributed by atoms with van der Waals surface area (Å²) in [5, 5.41) is 11.2. The molecule has 5 heteroatoms. The van der Waals surface area contributed by atoms with E-state index in [1.807, 2.05) is 45.0 Å². The number of hydrogen-bond acceptors (Lipinski definition) is 4. The van der Waals surface area contributed by atoms with Crippen molar-refractivity contribution in [3.8, 4) is 0 Å². The Kier molecular flexibility index (Phi) is 4.65. The van der Waals surface area contributed by atoms with Crippen molar-refractivity contribution >= 4 is 11.6 Å². The Morgan fingerprint density at radius 3 is 2.64 bits per heavy atom.